The van der Waals surface area contributed by atoms with Crippen LogP contribution in [0, 0.1) is 17.0 Å². The van der Waals surface area contributed by atoms with Gasteiger partial charge in [0.1, 0.15) is 5.78 Å². The van der Waals surface area contributed by atoms with Gasteiger partial charge in [0.15, 0.2) is 0 Å². The molecule has 1 aliphatic rings. The van der Waals surface area contributed by atoms with Crippen LogP contribution in [0.1, 0.15) is 18.4 Å². The molecule has 0 aliphatic carbocycles. The molecule has 1 saturated heterocycles. The minimum Gasteiger partial charge on any atom is -0.350 e. The van der Waals surface area contributed by atoms with Gasteiger partial charge in [0, 0.05) is 37.7 Å². The Labute approximate surface area is 98.4 Å². The number of aromatic nitrogens is 1. The molecule has 0 radical (unpaired) electrons. The van der Waals surface area contributed by atoms with Gasteiger partial charge in [-0.15, -0.1) is 0 Å². The summed E-state index contributed by atoms with van der Waals surface area (Å²) in [5.74, 6) is 0.582. The highest BCUT2D eigenvalue weighted by atomic mass is 16.6. The summed E-state index contributed by atoms with van der Waals surface area (Å²) < 4.78 is 0. The highest BCUT2D eigenvalue weighted by molar-refractivity contribution is 5.81. The number of hydrogen-bond acceptors (Lipinski definition) is 5. The molecule has 1 aliphatic heterocycles. The first-order valence-electron chi connectivity index (χ1n) is 5.46. The molecule has 0 unspecified atom stereocenters. The Balaban J connectivity index is 2.35. The molecule has 0 amide bonds. The van der Waals surface area contributed by atoms with Crippen LogP contribution in [-0.4, -0.2) is 28.8 Å². The van der Waals surface area contributed by atoms with Crippen LogP contribution in [0.25, 0.3) is 0 Å². The van der Waals surface area contributed by atoms with Crippen molar-refractivity contribution >= 4 is 17.3 Å². The van der Waals surface area contributed by atoms with Crippen LogP contribution in [0.3, 0.4) is 0 Å². The number of anilines is 1. The predicted molar refractivity (Wildman–Crippen MR) is 62.1 cm³/mol. The minimum atomic E-state index is -0.409. The van der Waals surface area contributed by atoms with Gasteiger partial charge in [-0.05, 0) is 13.0 Å². The number of rotatable bonds is 2. The lowest BCUT2D eigenvalue weighted by molar-refractivity contribution is -0.384. The molecule has 1 aromatic rings. The van der Waals surface area contributed by atoms with Gasteiger partial charge in [-0.2, -0.15) is 0 Å². The van der Waals surface area contributed by atoms with E-state index in [0.29, 0.717) is 37.3 Å². The lowest BCUT2D eigenvalue weighted by Crippen LogP contribution is -2.34. The second-order valence-corrected chi connectivity index (χ2v) is 4.08. The van der Waals surface area contributed by atoms with E-state index in [4.69, 9.17) is 0 Å². The average Bonchev–Trinajstić information content (AvgIpc) is 2.29. The minimum absolute atomic E-state index is 0.0434. The fraction of sp³-hybridized carbons (Fsp3) is 0.455. The first-order valence-corrected chi connectivity index (χ1v) is 5.46. The Morgan fingerprint density at radius 1 is 1.41 bits per heavy atom. The van der Waals surface area contributed by atoms with E-state index in [9.17, 15) is 14.9 Å². The van der Waals surface area contributed by atoms with E-state index in [1.54, 1.807) is 19.2 Å². The van der Waals surface area contributed by atoms with Crippen molar-refractivity contribution in [1.82, 2.24) is 4.98 Å². The van der Waals surface area contributed by atoms with Crippen LogP contribution >= 0.6 is 0 Å². The zero-order chi connectivity index (χ0) is 12.4. The first-order chi connectivity index (χ1) is 8.09. The summed E-state index contributed by atoms with van der Waals surface area (Å²) >= 11 is 0. The molecule has 6 heteroatoms. The maximum atomic E-state index is 11.1. The lowest BCUT2D eigenvalue weighted by Gasteiger charge is -2.26. The number of carbonyl (C=O) groups is 1. The van der Waals surface area contributed by atoms with Gasteiger partial charge in [-0.25, -0.2) is 4.98 Å². The molecule has 0 bridgehead atoms. The van der Waals surface area contributed by atoms with Crippen molar-refractivity contribution in [2.45, 2.75) is 19.8 Å². The van der Waals surface area contributed by atoms with Crippen molar-refractivity contribution in [2.75, 3.05) is 18.0 Å². The third kappa shape index (κ3) is 2.25. The fourth-order valence-corrected chi connectivity index (χ4v) is 1.96. The molecule has 17 heavy (non-hydrogen) atoms. The van der Waals surface area contributed by atoms with Gasteiger partial charge >= 0.3 is 5.69 Å². The van der Waals surface area contributed by atoms with Crippen molar-refractivity contribution in [3.05, 3.63) is 27.9 Å². The number of carbonyl (C=O) groups excluding carboxylic acids is 1. The van der Waals surface area contributed by atoms with Crippen LogP contribution in [0.4, 0.5) is 11.5 Å². The number of ketones is 1. The van der Waals surface area contributed by atoms with Crippen LogP contribution in [0.2, 0.25) is 0 Å². The third-order valence-corrected chi connectivity index (χ3v) is 2.91. The number of piperidine rings is 1. The summed E-state index contributed by atoms with van der Waals surface area (Å²) in [7, 11) is 0. The number of nitro groups is 1. The van der Waals surface area contributed by atoms with Crippen molar-refractivity contribution < 1.29 is 9.72 Å². The molecule has 0 saturated carbocycles. The largest absolute Gasteiger partial charge is 0.350 e. The maximum absolute atomic E-state index is 11.1. The molecule has 0 aromatic carbocycles. The predicted octanol–water partition coefficient (Wildman–Crippen LogP) is 1.47. The van der Waals surface area contributed by atoms with Gasteiger partial charge in [-0.3, -0.25) is 14.9 Å². The third-order valence-electron chi connectivity index (χ3n) is 2.91. The zero-order valence-corrected chi connectivity index (χ0v) is 9.55. The molecule has 0 atom stereocenters. The van der Waals surface area contributed by atoms with Crippen LogP contribution in [0.15, 0.2) is 12.3 Å². The second kappa shape index (κ2) is 4.48. The molecule has 6 nitrogen and oxygen atoms in total. The van der Waals surface area contributed by atoms with Gasteiger partial charge in [0.2, 0.25) is 5.82 Å². The zero-order valence-electron chi connectivity index (χ0n) is 9.55. The quantitative estimate of drug-likeness (QED) is 0.573. The molecule has 90 valence electrons. The second-order valence-electron chi connectivity index (χ2n) is 4.08. The van der Waals surface area contributed by atoms with Crippen molar-refractivity contribution in [2.24, 2.45) is 0 Å². The summed E-state index contributed by atoms with van der Waals surface area (Å²) in [5, 5.41) is 11.0. The topological polar surface area (TPSA) is 76.3 Å². The van der Waals surface area contributed by atoms with Crippen molar-refractivity contribution in [3.8, 4) is 0 Å². The monoisotopic (exact) mass is 235 g/mol. The van der Waals surface area contributed by atoms with E-state index in [0.717, 1.165) is 0 Å². The van der Waals surface area contributed by atoms with E-state index >= 15 is 0 Å². The molecule has 1 aromatic heterocycles. The van der Waals surface area contributed by atoms with E-state index in [2.05, 4.69) is 4.98 Å². The molecule has 2 rings (SSSR count). The summed E-state index contributed by atoms with van der Waals surface area (Å²) in [6.45, 7) is 2.71. The van der Waals surface area contributed by atoms with E-state index in [-0.39, 0.29) is 11.5 Å². The van der Waals surface area contributed by atoms with Crippen LogP contribution in [0.5, 0.6) is 0 Å². The van der Waals surface area contributed by atoms with E-state index < -0.39 is 4.92 Å². The normalized spacial score (nSPS) is 16.1. The Kier molecular flexibility index (Phi) is 3.03. The van der Waals surface area contributed by atoms with Gasteiger partial charge in [0.25, 0.3) is 0 Å². The summed E-state index contributed by atoms with van der Waals surface area (Å²) in [6.07, 6.45) is 2.44. The van der Waals surface area contributed by atoms with Gasteiger partial charge < -0.3 is 4.90 Å². The molecule has 0 N–H and O–H groups in total. The number of hydrogen-bond donors (Lipinski definition) is 0. The van der Waals surface area contributed by atoms with E-state index in [1.807, 2.05) is 4.90 Å². The first kappa shape index (κ1) is 11.5. The van der Waals surface area contributed by atoms with Gasteiger partial charge in [-0.1, -0.05) is 0 Å². The smallest absolute Gasteiger partial charge is 0.314 e. The standard InChI is InChI=1S/C11H13N3O3/c1-8-2-5-12-11(10(8)14(16)17)13-6-3-9(15)4-7-13/h2,5H,3-4,6-7H2,1H3. The Bertz CT molecular complexity index is 463. The molecular formula is C11H13N3O3. The number of aryl methyl sites for hydroxylation is 1. The summed E-state index contributed by atoms with van der Waals surface area (Å²) in [6, 6.07) is 1.62. The fourth-order valence-electron chi connectivity index (χ4n) is 1.96. The summed E-state index contributed by atoms with van der Waals surface area (Å²) in [5.41, 5.74) is 0.638. The number of nitrogens with zero attached hydrogens (tertiary/aromatic N) is 3. The maximum Gasteiger partial charge on any atom is 0.314 e. The SMILES string of the molecule is Cc1ccnc(N2CCC(=O)CC2)c1[N+](=O)[O-]. The average molecular weight is 235 g/mol. The van der Waals surface area contributed by atoms with Crippen LogP contribution in [-0.2, 0) is 4.79 Å². The number of pyridine rings is 1. The molecule has 2 heterocycles. The van der Waals surface area contributed by atoms with E-state index in [1.165, 1.54) is 0 Å². The van der Waals surface area contributed by atoms with Crippen LogP contribution < -0.4 is 4.90 Å². The molecule has 1 fully saturated rings. The van der Waals surface area contributed by atoms with Crippen molar-refractivity contribution in [3.63, 3.8) is 0 Å². The molecular weight excluding hydrogens is 222 g/mol. The Hall–Kier alpha value is -1.98. The highest BCUT2D eigenvalue weighted by Gasteiger charge is 2.26. The Morgan fingerprint density at radius 2 is 2.06 bits per heavy atom. The Morgan fingerprint density at radius 3 is 2.65 bits per heavy atom. The number of Topliss-reactive ketones (excluding diaryl/α,β-unsaturated/α-hetero) is 1. The lowest BCUT2D eigenvalue weighted by atomic mass is 10.1. The van der Waals surface area contributed by atoms with Gasteiger partial charge in [0.05, 0.1) is 4.92 Å². The molecule has 0 spiro atoms. The summed E-state index contributed by atoms with van der Waals surface area (Å²) in [4.78, 5) is 27.7. The van der Waals surface area contributed by atoms with Crippen molar-refractivity contribution in [1.29, 1.82) is 0 Å². The highest BCUT2D eigenvalue weighted by Crippen LogP contribution is 2.30.